The zero-order valence-electron chi connectivity index (χ0n) is 11.9. The van der Waals surface area contributed by atoms with Crippen molar-refractivity contribution >= 4 is 17.6 Å². The summed E-state index contributed by atoms with van der Waals surface area (Å²) in [6, 6.07) is 3.42. The fourth-order valence-electron chi connectivity index (χ4n) is 1.93. The maximum atomic E-state index is 11.9. The quantitative estimate of drug-likeness (QED) is 0.632. The van der Waals surface area contributed by atoms with Crippen molar-refractivity contribution in [1.82, 2.24) is 5.32 Å². The number of aryl methyl sites for hydroxylation is 2. The summed E-state index contributed by atoms with van der Waals surface area (Å²) in [6.45, 7) is 4.12. The van der Waals surface area contributed by atoms with Crippen molar-refractivity contribution in [3.05, 3.63) is 28.8 Å². The largest absolute Gasteiger partial charge is 0.452 e. The average molecular weight is 276 g/mol. The SMILES string of the molecule is Cc1cc(C)c(C(=O)OCC(=O)NCC2CC2)cc1N. The van der Waals surface area contributed by atoms with E-state index >= 15 is 0 Å². The molecule has 2 rings (SSSR count). The normalized spacial score (nSPS) is 13.9. The molecule has 1 aromatic rings. The van der Waals surface area contributed by atoms with Crippen LogP contribution in [0.25, 0.3) is 0 Å². The lowest BCUT2D eigenvalue weighted by molar-refractivity contribution is -0.124. The van der Waals surface area contributed by atoms with Crippen molar-refractivity contribution in [2.45, 2.75) is 26.7 Å². The van der Waals surface area contributed by atoms with Crippen LogP contribution in [0.1, 0.15) is 34.3 Å². The second-order valence-corrected chi connectivity index (χ2v) is 5.35. The first-order valence-electron chi connectivity index (χ1n) is 6.78. The summed E-state index contributed by atoms with van der Waals surface area (Å²) < 4.78 is 5.01. The molecular weight excluding hydrogens is 256 g/mol. The molecule has 0 unspecified atom stereocenters. The molecule has 0 spiro atoms. The van der Waals surface area contributed by atoms with Crippen molar-refractivity contribution < 1.29 is 14.3 Å². The Hall–Kier alpha value is -2.04. The molecule has 1 amide bonds. The van der Waals surface area contributed by atoms with Crippen molar-refractivity contribution in [1.29, 1.82) is 0 Å². The molecule has 0 bridgehead atoms. The van der Waals surface area contributed by atoms with E-state index in [2.05, 4.69) is 5.32 Å². The van der Waals surface area contributed by atoms with Crippen LogP contribution < -0.4 is 11.1 Å². The van der Waals surface area contributed by atoms with E-state index in [4.69, 9.17) is 10.5 Å². The number of nitrogen functional groups attached to an aromatic ring is 1. The third-order valence-electron chi connectivity index (χ3n) is 3.45. The first-order chi connectivity index (χ1) is 9.47. The number of ether oxygens (including phenoxy) is 1. The second-order valence-electron chi connectivity index (χ2n) is 5.35. The molecule has 1 aliphatic carbocycles. The van der Waals surface area contributed by atoms with Gasteiger partial charge in [0.1, 0.15) is 0 Å². The Morgan fingerprint density at radius 3 is 2.65 bits per heavy atom. The fourth-order valence-corrected chi connectivity index (χ4v) is 1.93. The van der Waals surface area contributed by atoms with Gasteiger partial charge < -0.3 is 15.8 Å². The average Bonchev–Trinajstić information content (AvgIpc) is 3.22. The molecule has 0 radical (unpaired) electrons. The van der Waals surface area contributed by atoms with Gasteiger partial charge in [-0.05, 0) is 49.8 Å². The van der Waals surface area contributed by atoms with Crippen LogP contribution in [0.3, 0.4) is 0 Å². The number of benzene rings is 1. The Labute approximate surface area is 118 Å². The van der Waals surface area contributed by atoms with Crippen LogP contribution in [0, 0.1) is 19.8 Å². The molecule has 5 heteroatoms. The number of carbonyl (C=O) groups excluding carboxylic acids is 2. The third-order valence-corrected chi connectivity index (χ3v) is 3.45. The summed E-state index contributed by atoms with van der Waals surface area (Å²) in [7, 11) is 0. The number of carbonyl (C=O) groups is 2. The smallest absolute Gasteiger partial charge is 0.338 e. The monoisotopic (exact) mass is 276 g/mol. The van der Waals surface area contributed by atoms with Crippen LogP contribution in [-0.2, 0) is 9.53 Å². The highest BCUT2D eigenvalue weighted by molar-refractivity contribution is 5.93. The lowest BCUT2D eigenvalue weighted by atomic mass is 10.0. The molecule has 20 heavy (non-hydrogen) atoms. The number of esters is 1. The molecule has 0 saturated heterocycles. The number of nitrogens with two attached hydrogens (primary N) is 1. The van der Waals surface area contributed by atoms with E-state index in [1.807, 2.05) is 19.9 Å². The summed E-state index contributed by atoms with van der Waals surface area (Å²) in [6.07, 6.45) is 2.34. The Balaban J connectivity index is 1.87. The maximum absolute atomic E-state index is 11.9. The molecule has 0 aliphatic heterocycles. The van der Waals surface area contributed by atoms with E-state index in [1.165, 1.54) is 12.8 Å². The summed E-state index contributed by atoms with van der Waals surface area (Å²) in [5.41, 5.74) is 8.44. The van der Waals surface area contributed by atoms with Crippen LogP contribution in [0.4, 0.5) is 5.69 Å². The number of anilines is 1. The van der Waals surface area contributed by atoms with Crippen LogP contribution >= 0.6 is 0 Å². The topological polar surface area (TPSA) is 81.4 Å². The zero-order valence-corrected chi connectivity index (χ0v) is 11.9. The van der Waals surface area contributed by atoms with Crippen molar-refractivity contribution in [2.75, 3.05) is 18.9 Å². The molecule has 1 aliphatic rings. The predicted molar refractivity (Wildman–Crippen MR) is 76.3 cm³/mol. The van der Waals surface area contributed by atoms with Crippen LogP contribution in [0.5, 0.6) is 0 Å². The van der Waals surface area contributed by atoms with Crippen molar-refractivity contribution in [3.8, 4) is 0 Å². The van der Waals surface area contributed by atoms with Gasteiger partial charge in [0.2, 0.25) is 0 Å². The zero-order chi connectivity index (χ0) is 14.7. The molecule has 0 heterocycles. The van der Waals surface area contributed by atoms with Gasteiger partial charge in [0.25, 0.3) is 5.91 Å². The molecule has 3 N–H and O–H groups in total. The summed E-state index contributed by atoms with van der Waals surface area (Å²) in [4.78, 5) is 23.4. The van der Waals surface area contributed by atoms with Gasteiger partial charge in [0.15, 0.2) is 6.61 Å². The van der Waals surface area contributed by atoms with E-state index in [9.17, 15) is 9.59 Å². The molecule has 1 saturated carbocycles. The third kappa shape index (κ3) is 3.73. The van der Waals surface area contributed by atoms with Crippen LogP contribution in [0.15, 0.2) is 12.1 Å². The fraction of sp³-hybridized carbons (Fsp3) is 0.467. The highest BCUT2D eigenvalue weighted by atomic mass is 16.5. The predicted octanol–water partition coefficient (Wildman–Crippen LogP) is 1.57. The lowest BCUT2D eigenvalue weighted by Crippen LogP contribution is -2.30. The van der Waals surface area contributed by atoms with Crippen LogP contribution in [-0.4, -0.2) is 25.0 Å². The Kier molecular flexibility index (Phi) is 4.27. The molecule has 5 nitrogen and oxygen atoms in total. The molecule has 0 atom stereocenters. The standard InChI is InChI=1S/C15H20N2O3/c1-9-5-10(2)13(16)6-12(9)15(19)20-8-14(18)17-7-11-3-4-11/h5-6,11H,3-4,7-8,16H2,1-2H3,(H,17,18). The second kappa shape index (κ2) is 5.94. The summed E-state index contributed by atoms with van der Waals surface area (Å²) in [5, 5.41) is 2.75. The van der Waals surface area contributed by atoms with Crippen LogP contribution in [0.2, 0.25) is 0 Å². The van der Waals surface area contributed by atoms with Gasteiger partial charge in [0, 0.05) is 12.2 Å². The molecule has 108 valence electrons. The van der Waals surface area contributed by atoms with E-state index in [-0.39, 0.29) is 12.5 Å². The van der Waals surface area contributed by atoms with Gasteiger partial charge in [0.05, 0.1) is 5.56 Å². The summed E-state index contributed by atoms with van der Waals surface area (Å²) >= 11 is 0. The Bertz CT molecular complexity index is 536. The van der Waals surface area contributed by atoms with Gasteiger partial charge in [-0.3, -0.25) is 4.79 Å². The minimum Gasteiger partial charge on any atom is -0.452 e. The number of hydrogen-bond acceptors (Lipinski definition) is 4. The Morgan fingerprint density at radius 1 is 1.30 bits per heavy atom. The van der Waals surface area contributed by atoms with E-state index in [0.29, 0.717) is 23.7 Å². The lowest BCUT2D eigenvalue weighted by Gasteiger charge is -2.10. The highest BCUT2D eigenvalue weighted by Gasteiger charge is 2.22. The van der Waals surface area contributed by atoms with Gasteiger partial charge in [-0.25, -0.2) is 4.79 Å². The molecule has 1 aromatic carbocycles. The van der Waals surface area contributed by atoms with E-state index < -0.39 is 5.97 Å². The maximum Gasteiger partial charge on any atom is 0.338 e. The first kappa shape index (κ1) is 14.4. The number of amides is 1. The highest BCUT2D eigenvalue weighted by Crippen LogP contribution is 2.27. The van der Waals surface area contributed by atoms with Crippen molar-refractivity contribution in [3.63, 3.8) is 0 Å². The van der Waals surface area contributed by atoms with Crippen molar-refractivity contribution in [2.24, 2.45) is 5.92 Å². The Morgan fingerprint density at radius 2 is 2.00 bits per heavy atom. The minimum atomic E-state index is -0.518. The molecule has 0 aromatic heterocycles. The van der Waals surface area contributed by atoms with E-state index in [1.54, 1.807) is 6.07 Å². The minimum absolute atomic E-state index is 0.251. The molecular formula is C15H20N2O3. The van der Waals surface area contributed by atoms with Gasteiger partial charge in [-0.15, -0.1) is 0 Å². The van der Waals surface area contributed by atoms with Gasteiger partial charge >= 0.3 is 5.97 Å². The van der Waals surface area contributed by atoms with Gasteiger partial charge in [-0.1, -0.05) is 6.07 Å². The summed E-state index contributed by atoms with van der Waals surface area (Å²) in [5.74, 6) is -0.174. The number of rotatable bonds is 5. The first-order valence-corrected chi connectivity index (χ1v) is 6.78. The van der Waals surface area contributed by atoms with Gasteiger partial charge in [-0.2, -0.15) is 0 Å². The molecule has 1 fully saturated rings. The number of nitrogens with one attached hydrogen (secondary N) is 1. The number of hydrogen-bond donors (Lipinski definition) is 2. The van der Waals surface area contributed by atoms with E-state index in [0.717, 1.165) is 11.1 Å².